The van der Waals surface area contributed by atoms with Gasteiger partial charge in [-0.15, -0.1) is 0 Å². The Labute approximate surface area is 129 Å². The van der Waals surface area contributed by atoms with Crippen molar-refractivity contribution in [3.05, 3.63) is 35.4 Å². The van der Waals surface area contributed by atoms with Gasteiger partial charge in [-0.1, -0.05) is 0 Å². The van der Waals surface area contributed by atoms with Crippen molar-refractivity contribution in [2.75, 3.05) is 19.7 Å². The fourth-order valence-electron chi connectivity index (χ4n) is 2.96. The van der Waals surface area contributed by atoms with Gasteiger partial charge < -0.3 is 10.0 Å². The fraction of sp³-hybridized carbons (Fsp3) is 0.533. The van der Waals surface area contributed by atoms with Gasteiger partial charge in [0.15, 0.2) is 0 Å². The summed E-state index contributed by atoms with van der Waals surface area (Å²) in [5.74, 6) is 0.237. The minimum atomic E-state index is -0.0189. The monoisotopic (exact) mass is 303 g/mol. The first kappa shape index (κ1) is 14.8. The maximum absolute atomic E-state index is 12.4. The van der Waals surface area contributed by atoms with Gasteiger partial charge in [0.05, 0.1) is 5.69 Å². The Morgan fingerprint density at radius 2 is 2.23 bits per heavy atom. The molecule has 3 heterocycles. The molecule has 2 aromatic rings. The summed E-state index contributed by atoms with van der Waals surface area (Å²) in [5, 5.41) is 17.8. The molecule has 1 saturated heterocycles. The summed E-state index contributed by atoms with van der Waals surface area (Å²) >= 11 is 0. The molecular formula is C15H21N5O2. The lowest BCUT2D eigenvalue weighted by atomic mass is 10.0. The summed E-state index contributed by atoms with van der Waals surface area (Å²) in [6.07, 6.45) is 3.29. The molecule has 3 rings (SSSR count). The number of nitrogens with zero attached hydrogens (tertiary/aromatic N) is 5. The molecule has 7 heteroatoms. The van der Waals surface area contributed by atoms with Crippen LogP contribution in [-0.2, 0) is 20.5 Å². The quantitative estimate of drug-likeness (QED) is 0.882. The van der Waals surface area contributed by atoms with Crippen LogP contribution in [0.15, 0.2) is 18.3 Å². The highest BCUT2D eigenvalue weighted by molar-refractivity contribution is 5.92. The molecule has 1 unspecified atom stereocenters. The molecule has 1 atom stereocenters. The van der Waals surface area contributed by atoms with Gasteiger partial charge in [0.1, 0.15) is 5.69 Å². The molecule has 0 spiro atoms. The van der Waals surface area contributed by atoms with Crippen LogP contribution in [0.1, 0.15) is 34.2 Å². The molecule has 0 bridgehead atoms. The SMILES string of the molecule is Cn1ccc(C(=O)N2CCC(c3cc(CCO)n(C)n3)C2)n1. The van der Waals surface area contributed by atoms with E-state index in [1.54, 1.807) is 24.0 Å². The molecule has 22 heavy (non-hydrogen) atoms. The Morgan fingerprint density at radius 1 is 1.41 bits per heavy atom. The van der Waals surface area contributed by atoms with Crippen molar-refractivity contribution < 1.29 is 9.90 Å². The Kier molecular flexibility index (Phi) is 3.98. The zero-order valence-corrected chi connectivity index (χ0v) is 12.9. The van der Waals surface area contributed by atoms with Gasteiger partial charge in [-0.05, 0) is 18.6 Å². The zero-order valence-electron chi connectivity index (χ0n) is 12.9. The van der Waals surface area contributed by atoms with Gasteiger partial charge in [-0.25, -0.2) is 0 Å². The fourth-order valence-corrected chi connectivity index (χ4v) is 2.96. The summed E-state index contributed by atoms with van der Waals surface area (Å²) in [6.45, 7) is 1.52. The molecule has 1 fully saturated rings. The molecule has 1 aliphatic rings. The van der Waals surface area contributed by atoms with Crippen molar-refractivity contribution in [2.45, 2.75) is 18.8 Å². The second-order valence-electron chi connectivity index (χ2n) is 5.77. The molecule has 1 amide bonds. The number of aryl methyl sites for hydroxylation is 2. The van der Waals surface area contributed by atoms with Crippen LogP contribution < -0.4 is 0 Å². The molecule has 1 aliphatic heterocycles. The molecule has 0 radical (unpaired) electrons. The standard InChI is InChI=1S/C15H21N5O2/c1-18-6-4-13(16-18)15(22)20-7-3-11(10-20)14-9-12(5-8-21)19(2)17-14/h4,6,9,11,21H,3,5,7-8,10H2,1-2H3. The number of aromatic nitrogens is 4. The lowest BCUT2D eigenvalue weighted by molar-refractivity contribution is 0.0784. The maximum Gasteiger partial charge on any atom is 0.274 e. The largest absolute Gasteiger partial charge is 0.396 e. The number of carbonyl (C=O) groups excluding carboxylic acids is 1. The van der Waals surface area contributed by atoms with E-state index in [1.165, 1.54) is 0 Å². The summed E-state index contributed by atoms with van der Waals surface area (Å²) < 4.78 is 3.45. The molecule has 1 N–H and O–H groups in total. The number of aliphatic hydroxyl groups is 1. The minimum absolute atomic E-state index is 0.0189. The average Bonchev–Trinajstić information content (AvgIpc) is 3.19. The number of likely N-dealkylation sites (tertiary alicyclic amines) is 1. The third kappa shape index (κ3) is 2.76. The second-order valence-corrected chi connectivity index (χ2v) is 5.77. The Bertz CT molecular complexity index is 675. The van der Waals surface area contributed by atoms with Gasteiger partial charge in [0.25, 0.3) is 5.91 Å². The third-order valence-corrected chi connectivity index (χ3v) is 4.19. The predicted molar refractivity (Wildman–Crippen MR) is 80.5 cm³/mol. The topological polar surface area (TPSA) is 76.2 Å². The third-order valence-electron chi connectivity index (χ3n) is 4.19. The van der Waals surface area contributed by atoms with Crippen molar-refractivity contribution in [3.63, 3.8) is 0 Å². The van der Waals surface area contributed by atoms with E-state index >= 15 is 0 Å². The van der Waals surface area contributed by atoms with Crippen LogP contribution in [0.4, 0.5) is 0 Å². The predicted octanol–water partition coefficient (Wildman–Crippen LogP) is 0.318. The molecule has 118 valence electrons. The molecule has 0 aliphatic carbocycles. The van der Waals surface area contributed by atoms with Crippen LogP contribution in [-0.4, -0.2) is 55.2 Å². The van der Waals surface area contributed by atoms with E-state index in [2.05, 4.69) is 10.2 Å². The average molecular weight is 303 g/mol. The first-order valence-electron chi connectivity index (χ1n) is 7.51. The first-order chi connectivity index (χ1) is 10.6. The number of amides is 1. The van der Waals surface area contributed by atoms with Crippen molar-refractivity contribution in [1.82, 2.24) is 24.5 Å². The van der Waals surface area contributed by atoms with Gasteiger partial charge in [-0.2, -0.15) is 10.2 Å². The van der Waals surface area contributed by atoms with Gasteiger partial charge in [0, 0.05) is 58.0 Å². The van der Waals surface area contributed by atoms with Crippen LogP contribution >= 0.6 is 0 Å². The number of hydrogen-bond donors (Lipinski definition) is 1. The highest BCUT2D eigenvalue weighted by atomic mass is 16.3. The number of carbonyl (C=O) groups is 1. The van der Waals surface area contributed by atoms with E-state index in [-0.39, 0.29) is 18.4 Å². The second kappa shape index (κ2) is 5.92. The molecule has 0 aromatic carbocycles. The van der Waals surface area contributed by atoms with E-state index in [0.717, 1.165) is 24.4 Å². The van der Waals surface area contributed by atoms with Crippen LogP contribution in [0.25, 0.3) is 0 Å². The van der Waals surface area contributed by atoms with Gasteiger partial charge in [-0.3, -0.25) is 14.2 Å². The van der Waals surface area contributed by atoms with Gasteiger partial charge in [0.2, 0.25) is 0 Å². The number of aliphatic hydroxyl groups excluding tert-OH is 1. The summed E-state index contributed by atoms with van der Waals surface area (Å²) in [6, 6.07) is 3.78. The lowest BCUT2D eigenvalue weighted by Gasteiger charge is -2.14. The Morgan fingerprint density at radius 3 is 2.91 bits per heavy atom. The van der Waals surface area contributed by atoms with E-state index in [0.29, 0.717) is 18.7 Å². The Hall–Kier alpha value is -2.15. The van der Waals surface area contributed by atoms with E-state index in [9.17, 15) is 4.79 Å². The molecule has 7 nitrogen and oxygen atoms in total. The minimum Gasteiger partial charge on any atom is -0.396 e. The summed E-state index contributed by atoms with van der Waals surface area (Å²) in [5.41, 5.74) is 2.51. The smallest absolute Gasteiger partial charge is 0.274 e. The molecule has 2 aromatic heterocycles. The lowest BCUT2D eigenvalue weighted by Crippen LogP contribution is -2.29. The highest BCUT2D eigenvalue weighted by Gasteiger charge is 2.30. The zero-order chi connectivity index (χ0) is 15.7. The van der Waals surface area contributed by atoms with Crippen molar-refractivity contribution in [3.8, 4) is 0 Å². The number of hydrogen-bond acceptors (Lipinski definition) is 4. The van der Waals surface area contributed by atoms with Crippen molar-refractivity contribution in [1.29, 1.82) is 0 Å². The van der Waals surface area contributed by atoms with Gasteiger partial charge >= 0.3 is 0 Å². The van der Waals surface area contributed by atoms with Crippen LogP contribution in [0.5, 0.6) is 0 Å². The number of rotatable bonds is 4. The summed E-state index contributed by atoms with van der Waals surface area (Å²) in [7, 11) is 3.69. The molecule has 0 saturated carbocycles. The maximum atomic E-state index is 12.4. The van der Waals surface area contributed by atoms with Crippen LogP contribution in [0, 0.1) is 0 Å². The molecular weight excluding hydrogens is 282 g/mol. The van der Waals surface area contributed by atoms with Crippen LogP contribution in [0.2, 0.25) is 0 Å². The van der Waals surface area contributed by atoms with E-state index in [1.807, 2.05) is 22.7 Å². The van der Waals surface area contributed by atoms with Crippen molar-refractivity contribution >= 4 is 5.91 Å². The normalized spacial score (nSPS) is 18.1. The highest BCUT2D eigenvalue weighted by Crippen LogP contribution is 2.27. The van der Waals surface area contributed by atoms with Crippen LogP contribution in [0.3, 0.4) is 0 Å². The van der Waals surface area contributed by atoms with E-state index in [4.69, 9.17) is 5.11 Å². The van der Waals surface area contributed by atoms with Crippen molar-refractivity contribution in [2.24, 2.45) is 14.1 Å². The first-order valence-corrected chi connectivity index (χ1v) is 7.51. The van der Waals surface area contributed by atoms with E-state index < -0.39 is 0 Å². The summed E-state index contributed by atoms with van der Waals surface area (Å²) in [4.78, 5) is 14.2. The Balaban J connectivity index is 1.69.